The van der Waals surface area contributed by atoms with Crippen LogP contribution in [0.1, 0.15) is 16.7 Å². The van der Waals surface area contributed by atoms with Gasteiger partial charge in [-0.15, -0.1) is 0 Å². The molecule has 3 nitrogen and oxygen atoms in total. The molecule has 0 saturated carbocycles. The predicted molar refractivity (Wildman–Crippen MR) is 89.6 cm³/mol. The lowest BCUT2D eigenvalue weighted by Crippen LogP contribution is -2.29. The van der Waals surface area contributed by atoms with Crippen molar-refractivity contribution in [3.8, 4) is 5.75 Å². The monoisotopic (exact) mass is 317 g/mol. The van der Waals surface area contributed by atoms with Gasteiger partial charge >= 0.3 is 0 Å². The number of amides is 1. The largest absolute Gasteiger partial charge is 0.490 e. The molecular weight excluding hydrogens is 298 g/mol. The molecule has 0 spiro atoms. The van der Waals surface area contributed by atoms with Crippen LogP contribution in [0.5, 0.6) is 5.75 Å². The molecule has 0 fully saturated rings. The Hall–Kier alpha value is -2.00. The molecule has 0 aromatic heterocycles. The Labute approximate surface area is 136 Å². The van der Waals surface area contributed by atoms with Crippen LogP contribution in [-0.4, -0.2) is 19.1 Å². The minimum atomic E-state index is -0.00969. The zero-order chi connectivity index (χ0) is 15.9. The van der Waals surface area contributed by atoms with Crippen molar-refractivity contribution in [2.24, 2.45) is 0 Å². The molecular formula is C18H20ClNO2. The van der Waals surface area contributed by atoms with E-state index in [1.807, 2.05) is 56.3 Å². The molecule has 1 amide bonds. The number of carbonyl (C=O) groups is 1. The highest BCUT2D eigenvalue weighted by Gasteiger charge is 2.04. The highest BCUT2D eigenvalue weighted by Crippen LogP contribution is 2.24. The van der Waals surface area contributed by atoms with Crippen molar-refractivity contribution < 1.29 is 9.53 Å². The van der Waals surface area contributed by atoms with Gasteiger partial charge in [0.15, 0.2) is 0 Å². The molecule has 0 saturated heterocycles. The first-order valence-electron chi connectivity index (χ1n) is 7.26. The fourth-order valence-electron chi connectivity index (χ4n) is 2.14. The Balaban J connectivity index is 1.74. The summed E-state index contributed by atoms with van der Waals surface area (Å²) in [5.41, 5.74) is 3.26. The van der Waals surface area contributed by atoms with E-state index in [2.05, 4.69) is 5.32 Å². The molecule has 4 heteroatoms. The third-order valence-electron chi connectivity index (χ3n) is 3.22. The maximum absolute atomic E-state index is 11.9. The van der Waals surface area contributed by atoms with E-state index in [4.69, 9.17) is 16.3 Å². The highest BCUT2D eigenvalue weighted by molar-refractivity contribution is 6.32. The van der Waals surface area contributed by atoms with E-state index in [1.54, 1.807) is 0 Å². The van der Waals surface area contributed by atoms with Crippen LogP contribution in [0.25, 0.3) is 0 Å². The van der Waals surface area contributed by atoms with E-state index < -0.39 is 0 Å². The summed E-state index contributed by atoms with van der Waals surface area (Å²) in [6.07, 6.45) is 0.382. The normalized spacial score (nSPS) is 10.3. The fourth-order valence-corrected chi connectivity index (χ4v) is 2.31. The summed E-state index contributed by atoms with van der Waals surface area (Å²) in [5, 5.41) is 3.43. The van der Waals surface area contributed by atoms with Crippen LogP contribution < -0.4 is 10.1 Å². The molecule has 0 aliphatic carbocycles. The molecule has 0 atom stereocenters. The van der Waals surface area contributed by atoms with Crippen LogP contribution in [0, 0.1) is 13.8 Å². The van der Waals surface area contributed by atoms with Gasteiger partial charge in [-0.1, -0.05) is 47.5 Å². The second-order valence-corrected chi connectivity index (χ2v) is 5.71. The number of carbonyl (C=O) groups excluding carboxylic acids is 1. The van der Waals surface area contributed by atoms with Gasteiger partial charge in [-0.25, -0.2) is 0 Å². The molecule has 0 radical (unpaired) electrons. The van der Waals surface area contributed by atoms with Gasteiger partial charge in [-0.05, 0) is 37.1 Å². The number of hydrogen-bond acceptors (Lipinski definition) is 2. The maximum atomic E-state index is 11.9. The molecule has 2 aromatic rings. The van der Waals surface area contributed by atoms with Gasteiger partial charge in [-0.2, -0.15) is 0 Å². The number of nitrogens with one attached hydrogen (secondary N) is 1. The molecule has 0 aliphatic heterocycles. The first-order valence-corrected chi connectivity index (χ1v) is 7.63. The van der Waals surface area contributed by atoms with Crippen LogP contribution >= 0.6 is 11.6 Å². The van der Waals surface area contributed by atoms with E-state index in [0.29, 0.717) is 30.3 Å². The number of aryl methyl sites for hydroxylation is 2. The summed E-state index contributed by atoms with van der Waals surface area (Å²) in [4.78, 5) is 11.9. The molecule has 0 unspecified atom stereocenters. The van der Waals surface area contributed by atoms with Gasteiger partial charge in [-0.3, -0.25) is 4.79 Å². The fraction of sp³-hybridized carbons (Fsp3) is 0.278. The predicted octanol–water partition coefficient (Wildman–Crippen LogP) is 3.69. The molecule has 22 heavy (non-hydrogen) atoms. The van der Waals surface area contributed by atoms with Gasteiger partial charge in [0.25, 0.3) is 0 Å². The summed E-state index contributed by atoms with van der Waals surface area (Å²) in [6.45, 7) is 4.84. The van der Waals surface area contributed by atoms with Crippen LogP contribution in [0.3, 0.4) is 0 Å². The molecule has 2 rings (SSSR count). The molecule has 2 aromatic carbocycles. The lowest BCUT2D eigenvalue weighted by atomic mass is 10.1. The van der Waals surface area contributed by atoms with Crippen LogP contribution in [0.4, 0.5) is 0 Å². The zero-order valence-corrected chi connectivity index (χ0v) is 13.6. The Kier molecular flexibility index (Phi) is 5.84. The summed E-state index contributed by atoms with van der Waals surface area (Å²) >= 11 is 6.05. The van der Waals surface area contributed by atoms with Gasteiger partial charge in [0, 0.05) is 0 Å². The first kappa shape index (κ1) is 16.4. The van der Waals surface area contributed by atoms with Crippen molar-refractivity contribution in [3.63, 3.8) is 0 Å². The maximum Gasteiger partial charge on any atom is 0.224 e. The van der Waals surface area contributed by atoms with Gasteiger partial charge < -0.3 is 10.1 Å². The smallest absolute Gasteiger partial charge is 0.224 e. The Morgan fingerprint density at radius 3 is 2.68 bits per heavy atom. The quantitative estimate of drug-likeness (QED) is 0.825. The van der Waals surface area contributed by atoms with E-state index in [9.17, 15) is 4.79 Å². The lowest BCUT2D eigenvalue weighted by Gasteiger charge is -2.10. The average molecular weight is 318 g/mol. The second kappa shape index (κ2) is 7.85. The summed E-state index contributed by atoms with van der Waals surface area (Å²) in [6, 6.07) is 13.6. The molecule has 1 N–H and O–H groups in total. The van der Waals surface area contributed by atoms with Gasteiger partial charge in [0.2, 0.25) is 5.91 Å². The summed E-state index contributed by atoms with van der Waals surface area (Å²) in [5.74, 6) is 0.638. The Morgan fingerprint density at radius 2 is 1.91 bits per heavy atom. The summed E-state index contributed by atoms with van der Waals surface area (Å²) in [7, 11) is 0. The average Bonchev–Trinajstić information content (AvgIpc) is 2.47. The third kappa shape index (κ3) is 5.08. The zero-order valence-electron chi connectivity index (χ0n) is 12.9. The number of rotatable bonds is 6. The van der Waals surface area contributed by atoms with Crippen molar-refractivity contribution in [3.05, 3.63) is 64.2 Å². The van der Waals surface area contributed by atoms with Crippen molar-refractivity contribution >= 4 is 17.5 Å². The molecule has 0 bridgehead atoms. The van der Waals surface area contributed by atoms with Crippen molar-refractivity contribution in [1.82, 2.24) is 5.32 Å². The molecule has 116 valence electrons. The first-order chi connectivity index (χ1) is 10.5. The minimum absolute atomic E-state index is 0.00969. The topological polar surface area (TPSA) is 38.3 Å². The number of ether oxygens (including phenoxy) is 1. The van der Waals surface area contributed by atoms with E-state index in [0.717, 1.165) is 16.7 Å². The summed E-state index contributed by atoms with van der Waals surface area (Å²) < 4.78 is 5.59. The van der Waals surface area contributed by atoms with Crippen molar-refractivity contribution in [2.45, 2.75) is 20.3 Å². The van der Waals surface area contributed by atoms with E-state index in [1.165, 1.54) is 0 Å². The second-order valence-electron chi connectivity index (χ2n) is 5.30. The van der Waals surface area contributed by atoms with Crippen LogP contribution in [-0.2, 0) is 11.2 Å². The minimum Gasteiger partial charge on any atom is -0.490 e. The molecule has 0 aliphatic rings. The lowest BCUT2D eigenvalue weighted by molar-refractivity contribution is -0.120. The number of halogens is 1. The van der Waals surface area contributed by atoms with E-state index >= 15 is 0 Å². The number of hydrogen-bond donors (Lipinski definition) is 1. The Bertz CT molecular complexity index is 655. The Morgan fingerprint density at radius 1 is 1.14 bits per heavy atom. The van der Waals surface area contributed by atoms with Gasteiger partial charge in [0.1, 0.15) is 12.4 Å². The van der Waals surface area contributed by atoms with Crippen LogP contribution in [0.2, 0.25) is 5.02 Å². The highest BCUT2D eigenvalue weighted by atomic mass is 35.5. The van der Waals surface area contributed by atoms with Crippen molar-refractivity contribution in [2.75, 3.05) is 13.2 Å². The SMILES string of the molecule is Cc1cccc(CC(=O)NCCOc2cc(C)ccc2Cl)c1. The van der Waals surface area contributed by atoms with E-state index in [-0.39, 0.29) is 5.91 Å². The number of benzene rings is 2. The van der Waals surface area contributed by atoms with Crippen LogP contribution in [0.15, 0.2) is 42.5 Å². The third-order valence-corrected chi connectivity index (χ3v) is 3.53. The molecule has 0 heterocycles. The van der Waals surface area contributed by atoms with Crippen molar-refractivity contribution in [1.29, 1.82) is 0 Å². The van der Waals surface area contributed by atoms with Gasteiger partial charge in [0.05, 0.1) is 18.0 Å². The standard InChI is InChI=1S/C18H20ClNO2/c1-13-4-3-5-15(10-13)12-18(21)20-8-9-22-17-11-14(2)6-7-16(17)19/h3-7,10-11H,8-9,12H2,1-2H3,(H,20,21).